The number of rotatable bonds is 3. The van der Waals surface area contributed by atoms with Crippen molar-refractivity contribution >= 4 is 16.0 Å². The fraction of sp³-hybridized carbons (Fsp3) is 0.889. The SMILES string of the molecule is NC1CC2CCC(C1)N2S(=O)(=O)CC(=O)O. The van der Waals surface area contributed by atoms with E-state index in [0.717, 1.165) is 12.8 Å². The van der Waals surface area contributed by atoms with Gasteiger partial charge in [0.25, 0.3) is 0 Å². The second-order valence-corrected chi connectivity index (χ2v) is 6.47. The molecule has 0 saturated carbocycles. The molecule has 2 bridgehead atoms. The largest absolute Gasteiger partial charge is 0.480 e. The topological polar surface area (TPSA) is 101 Å². The van der Waals surface area contributed by atoms with Crippen LogP contribution in [0.3, 0.4) is 0 Å². The predicted molar refractivity (Wildman–Crippen MR) is 57.3 cm³/mol. The van der Waals surface area contributed by atoms with Crippen molar-refractivity contribution < 1.29 is 18.3 Å². The maximum atomic E-state index is 11.9. The van der Waals surface area contributed by atoms with Crippen LogP contribution in [0.2, 0.25) is 0 Å². The highest BCUT2D eigenvalue weighted by atomic mass is 32.2. The van der Waals surface area contributed by atoms with E-state index in [-0.39, 0.29) is 18.1 Å². The minimum Gasteiger partial charge on any atom is -0.480 e. The lowest BCUT2D eigenvalue weighted by molar-refractivity contribution is -0.134. The van der Waals surface area contributed by atoms with Crippen molar-refractivity contribution in [1.82, 2.24) is 4.31 Å². The van der Waals surface area contributed by atoms with E-state index in [1.165, 1.54) is 4.31 Å². The van der Waals surface area contributed by atoms with E-state index in [4.69, 9.17) is 10.8 Å². The van der Waals surface area contributed by atoms with Crippen molar-refractivity contribution in [2.45, 2.75) is 43.8 Å². The Morgan fingerprint density at radius 3 is 2.25 bits per heavy atom. The first-order valence-corrected chi connectivity index (χ1v) is 6.99. The summed E-state index contributed by atoms with van der Waals surface area (Å²) in [6, 6.07) is -0.120. The van der Waals surface area contributed by atoms with Gasteiger partial charge in [-0.2, -0.15) is 4.31 Å². The smallest absolute Gasteiger partial charge is 0.320 e. The molecule has 3 N–H and O–H groups in total. The molecule has 92 valence electrons. The molecule has 6 nitrogen and oxygen atoms in total. The minimum absolute atomic E-state index is 0.0498. The van der Waals surface area contributed by atoms with Crippen molar-refractivity contribution in [3.05, 3.63) is 0 Å². The normalized spacial score (nSPS) is 35.2. The number of hydrogen-bond donors (Lipinski definition) is 2. The number of nitrogens with zero attached hydrogens (tertiary/aromatic N) is 1. The van der Waals surface area contributed by atoms with Gasteiger partial charge in [-0.3, -0.25) is 4.79 Å². The average Bonchev–Trinajstić information content (AvgIpc) is 2.38. The van der Waals surface area contributed by atoms with Gasteiger partial charge in [-0.15, -0.1) is 0 Å². The Labute approximate surface area is 94.5 Å². The number of aliphatic carboxylic acids is 1. The molecule has 2 saturated heterocycles. The van der Waals surface area contributed by atoms with Crippen molar-refractivity contribution in [3.8, 4) is 0 Å². The number of hydrogen-bond acceptors (Lipinski definition) is 4. The van der Waals surface area contributed by atoms with Crippen LogP contribution in [0, 0.1) is 0 Å². The van der Waals surface area contributed by atoms with Gasteiger partial charge >= 0.3 is 5.97 Å². The van der Waals surface area contributed by atoms with E-state index in [0.29, 0.717) is 12.8 Å². The zero-order chi connectivity index (χ0) is 11.9. The number of carboxylic acid groups (broad SMARTS) is 1. The molecule has 2 heterocycles. The lowest BCUT2D eigenvalue weighted by atomic mass is 10.0. The van der Waals surface area contributed by atoms with Gasteiger partial charge in [0.2, 0.25) is 10.0 Å². The lowest BCUT2D eigenvalue weighted by Crippen LogP contribution is -2.51. The first-order chi connectivity index (χ1) is 7.40. The summed E-state index contributed by atoms with van der Waals surface area (Å²) in [5.74, 6) is -2.11. The zero-order valence-corrected chi connectivity index (χ0v) is 9.69. The van der Waals surface area contributed by atoms with Crippen LogP contribution < -0.4 is 5.73 Å². The van der Waals surface area contributed by atoms with Crippen molar-refractivity contribution in [2.24, 2.45) is 5.73 Å². The second-order valence-electron chi connectivity index (χ2n) is 4.60. The molecule has 0 spiro atoms. The van der Waals surface area contributed by atoms with Gasteiger partial charge in [0, 0.05) is 18.1 Å². The summed E-state index contributed by atoms with van der Waals surface area (Å²) in [7, 11) is -3.66. The van der Waals surface area contributed by atoms with E-state index in [1.807, 2.05) is 0 Å². The van der Waals surface area contributed by atoms with Crippen LogP contribution in [0.4, 0.5) is 0 Å². The molecular formula is C9H16N2O4S. The molecule has 7 heteroatoms. The van der Waals surface area contributed by atoms with E-state index >= 15 is 0 Å². The molecule has 2 rings (SSSR count). The Hall–Kier alpha value is -0.660. The molecule has 0 aliphatic carbocycles. The third kappa shape index (κ3) is 2.07. The van der Waals surface area contributed by atoms with Crippen LogP contribution >= 0.6 is 0 Å². The molecule has 2 atom stereocenters. The summed E-state index contributed by atoms with van der Waals surface area (Å²) in [5.41, 5.74) is 5.82. The van der Waals surface area contributed by atoms with Gasteiger partial charge < -0.3 is 10.8 Å². The molecule has 0 amide bonds. The Morgan fingerprint density at radius 1 is 1.31 bits per heavy atom. The maximum Gasteiger partial charge on any atom is 0.320 e. The number of piperidine rings is 1. The van der Waals surface area contributed by atoms with Crippen molar-refractivity contribution in [3.63, 3.8) is 0 Å². The summed E-state index contributed by atoms with van der Waals surface area (Å²) in [6.07, 6.45) is 2.90. The molecule has 2 fully saturated rings. The lowest BCUT2D eigenvalue weighted by Gasteiger charge is -2.36. The summed E-state index contributed by atoms with van der Waals surface area (Å²) in [6.45, 7) is 0. The van der Waals surface area contributed by atoms with E-state index in [1.54, 1.807) is 0 Å². The monoisotopic (exact) mass is 248 g/mol. The summed E-state index contributed by atoms with van der Waals surface area (Å²) >= 11 is 0. The Bertz CT molecular complexity index is 380. The molecule has 2 aliphatic heterocycles. The molecule has 0 aromatic carbocycles. The Morgan fingerprint density at radius 2 is 1.81 bits per heavy atom. The van der Waals surface area contributed by atoms with Crippen molar-refractivity contribution in [1.29, 1.82) is 0 Å². The fourth-order valence-corrected chi connectivity index (χ4v) is 4.61. The highest BCUT2D eigenvalue weighted by molar-refractivity contribution is 7.89. The number of carbonyl (C=O) groups is 1. The molecule has 0 aromatic rings. The minimum atomic E-state index is -3.66. The Balaban J connectivity index is 2.20. The summed E-state index contributed by atoms with van der Waals surface area (Å²) in [4.78, 5) is 10.5. The van der Waals surface area contributed by atoms with E-state index in [9.17, 15) is 13.2 Å². The van der Waals surface area contributed by atoms with Gasteiger partial charge in [0.15, 0.2) is 5.75 Å². The molecular weight excluding hydrogens is 232 g/mol. The maximum absolute atomic E-state index is 11.9. The van der Waals surface area contributed by atoms with Gasteiger partial charge in [-0.05, 0) is 25.7 Å². The molecule has 2 aliphatic rings. The molecule has 0 radical (unpaired) electrons. The second kappa shape index (κ2) is 3.97. The van der Waals surface area contributed by atoms with Gasteiger partial charge in [0.1, 0.15) is 0 Å². The third-order valence-corrected chi connectivity index (χ3v) is 5.18. The zero-order valence-electron chi connectivity index (χ0n) is 8.87. The summed E-state index contributed by atoms with van der Waals surface area (Å²) < 4.78 is 25.1. The van der Waals surface area contributed by atoms with Crippen LogP contribution in [0.25, 0.3) is 0 Å². The first kappa shape index (κ1) is 11.8. The van der Waals surface area contributed by atoms with Gasteiger partial charge in [0.05, 0.1) is 0 Å². The van der Waals surface area contributed by atoms with Crippen molar-refractivity contribution in [2.75, 3.05) is 5.75 Å². The summed E-state index contributed by atoms with van der Waals surface area (Å²) in [5, 5.41) is 8.59. The highest BCUT2D eigenvalue weighted by Crippen LogP contribution is 2.37. The van der Waals surface area contributed by atoms with E-state index < -0.39 is 21.7 Å². The number of carboxylic acids is 1. The quantitative estimate of drug-likeness (QED) is 0.691. The number of nitrogens with two attached hydrogens (primary N) is 1. The fourth-order valence-electron chi connectivity index (χ4n) is 2.86. The first-order valence-electron chi connectivity index (χ1n) is 5.39. The van der Waals surface area contributed by atoms with Crippen LogP contribution in [0.1, 0.15) is 25.7 Å². The Kier molecular flexibility index (Phi) is 2.93. The highest BCUT2D eigenvalue weighted by Gasteiger charge is 2.46. The van der Waals surface area contributed by atoms with Gasteiger partial charge in [-0.25, -0.2) is 8.42 Å². The number of sulfonamides is 1. The van der Waals surface area contributed by atoms with Crippen LogP contribution in [-0.2, 0) is 14.8 Å². The van der Waals surface area contributed by atoms with Crippen LogP contribution in [0.5, 0.6) is 0 Å². The third-order valence-electron chi connectivity index (χ3n) is 3.33. The molecule has 16 heavy (non-hydrogen) atoms. The molecule has 0 aromatic heterocycles. The van der Waals surface area contributed by atoms with E-state index in [2.05, 4.69) is 0 Å². The average molecular weight is 248 g/mol. The van der Waals surface area contributed by atoms with Crippen LogP contribution in [0.15, 0.2) is 0 Å². The standard InChI is InChI=1S/C9H16N2O4S/c10-6-3-7-1-2-8(4-6)11(7)16(14,15)5-9(12)13/h6-8H,1-5,10H2,(H,12,13). The number of fused-ring (bicyclic) bond motifs is 2. The predicted octanol–water partition coefficient (Wildman–Crippen LogP) is -0.645. The van der Waals surface area contributed by atoms with Gasteiger partial charge in [-0.1, -0.05) is 0 Å². The molecule has 2 unspecified atom stereocenters. The van der Waals surface area contributed by atoms with Crippen LogP contribution in [-0.4, -0.2) is 47.7 Å².